The Labute approximate surface area is 195 Å². The van der Waals surface area contributed by atoms with Crippen LogP contribution >= 0.6 is 11.3 Å². The van der Waals surface area contributed by atoms with Crippen LogP contribution in [0.4, 0.5) is 10.7 Å². The number of sulfonamides is 1. The first-order chi connectivity index (χ1) is 15.8. The fraction of sp³-hybridized carbons (Fsp3) is 0.217. The number of aryl methyl sites for hydroxylation is 1. The molecule has 2 amide bonds. The van der Waals surface area contributed by atoms with Crippen molar-refractivity contribution in [2.45, 2.75) is 30.6 Å². The minimum Gasteiger partial charge on any atom is -0.497 e. The lowest BCUT2D eigenvalue weighted by Gasteiger charge is -2.13. The highest BCUT2D eigenvalue weighted by Gasteiger charge is 2.27. The van der Waals surface area contributed by atoms with Crippen molar-refractivity contribution in [3.05, 3.63) is 70.1 Å². The zero-order valence-electron chi connectivity index (χ0n) is 17.9. The van der Waals surface area contributed by atoms with Crippen molar-refractivity contribution in [1.82, 2.24) is 0 Å². The molecule has 2 aromatic carbocycles. The summed E-state index contributed by atoms with van der Waals surface area (Å²) >= 11 is 1.38. The van der Waals surface area contributed by atoms with E-state index in [4.69, 9.17) is 9.88 Å². The van der Waals surface area contributed by atoms with Gasteiger partial charge in [-0.15, -0.1) is 11.3 Å². The van der Waals surface area contributed by atoms with Crippen molar-refractivity contribution in [3.63, 3.8) is 0 Å². The van der Waals surface area contributed by atoms with Crippen molar-refractivity contribution in [1.29, 1.82) is 0 Å². The molecule has 0 aliphatic heterocycles. The van der Waals surface area contributed by atoms with Crippen molar-refractivity contribution >= 4 is 43.9 Å². The molecule has 1 heterocycles. The summed E-state index contributed by atoms with van der Waals surface area (Å²) in [7, 11) is -2.38. The van der Waals surface area contributed by atoms with E-state index in [1.165, 1.54) is 35.6 Å². The molecule has 0 saturated carbocycles. The van der Waals surface area contributed by atoms with Gasteiger partial charge in [-0.05, 0) is 73.7 Å². The lowest BCUT2D eigenvalue weighted by Crippen LogP contribution is -2.19. The molecule has 33 heavy (non-hydrogen) atoms. The van der Waals surface area contributed by atoms with Crippen molar-refractivity contribution < 1.29 is 22.7 Å². The third kappa shape index (κ3) is 5.08. The number of amides is 2. The molecular formula is C23H23N3O5S2. The maximum atomic E-state index is 13.2. The molecule has 0 fully saturated rings. The van der Waals surface area contributed by atoms with E-state index in [2.05, 4.69) is 10.6 Å². The number of thiophene rings is 1. The molecular weight excluding hydrogens is 462 g/mol. The summed E-state index contributed by atoms with van der Waals surface area (Å²) in [5.74, 6) is -0.152. The fourth-order valence-corrected chi connectivity index (χ4v) is 5.59. The molecule has 172 valence electrons. The van der Waals surface area contributed by atoms with Crippen LogP contribution < -0.4 is 20.5 Å². The van der Waals surface area contributed by atoms with E-state index in [0.29, 0.717) is 22.0 Å². The Kier molecular flexibility index (Phi) is 6.50. The number of carbonyl (C=O) groups is 2. The average Bonchev–Trinajstić information content (AvgIpc) is 3.17. The molecule has 0 unspecified atom stereocenters. The molecule has 1 aromatic heterocycles. The zero-order chi connectivity index (χ0) is 23.6. The Morgan fingerprint density at radius 3 is 2.42 bits per heavy atom. The second-order valence-corrected chi connectivity index (χ2v) is 10.3. The standard InChI is InChI=1S/C23H23N3O5S2/c1-31-16-11-9-15(10-12-16)25-22(28)20-18-7-2-3-8-19(18)32-23(20)26-21(27)14-5-4-6-17(13-14)33(24,29)30/h4-6,9-13H,2-3,7-8H2,1H3,(H,25,28)(H,26,27)(H2,24,29,30). The summed E-state index contributed by atoms with van der Waals surface area (Å²) in [5.41, 5.74) is 2.14. The quantitative estimate of drug-likeness (QED) is 0.489. The third-order valence-electron chi connectivity index (χ3n) is 5.40. The van der Waals surface area contributed by atoms with Gasteiger partial charge in [-0.25, -0.2) is 13.6 Å². The number of nitrogens with one attached hydrogen (secondary N) is 2. The molecule has 0 bridgehead atoms. The Balaban J connectivity index is 1.64. The van der Waals surface area contributed by atoms with Crippen molar-refractivity contribution in [2.75, 3.05) is 17.7 Å². The number of primary sulfonamides is 1. The van der Waals surface area contributed by atoms with E-state index in [1.807, 2.05) is 0 Å². The summed E-state index contributed by atoms with van der Waals surface area (Å²) < 4.78 is 28.4. The first-order valence-electron chi connectivity index (χ1n) is 10.3. The minimum absolute atomic E-state index is 0.134. The summed E-state index contributed by atoms with van der Waals surface area (Å²) in [4.78, 5) is 27.1. The number of nitrogens with two attached hydrogens (primary N) is 1. The topological polar surface area (TPSA) is 128 Å². The number of carbonyl (C=O) groups excluding carboxylic acids is 2. The van der Waals surface area contributed by atoms with Crippen LogP contribution in [-0.2, 0) is 22.9 Å². The molecule has 4 N–H and O–H groups in total. The molecule has 0 radical (unpaired) electrons. The van der Waals surface area contributed by atoms with Gasteiger partial charge in [0.2, 0.25) is 10.0 Å². The van der Waals surface area contributed by atoms with Crippen LogP contribution in [0.5, 0.6) is 5.75 Å². The Morgan fingerprint density at radius 2 is 1.73 bits per heavy atom. The zero-order valence-corrected chi connectivity index (χ0v) is 19.5. The van der Waals surface area contributed by atoms with Gasteiger partial charge in [0.15, 0.2) is 0 Å². The number of benzene rings is 2. The van der Waals surface area contributed by atoms with Gasteiger partial charge in [-0.2, -0.15) is 0 Å². The lowest BCUT2D eigenvalue weighted by atomic mass is 9.95. The number of ether oxygens (including phenoxy) is 1. The second-order valence-electron chi connectivity index (χ2n) is 7.62. The first kappa shape index (κ1) is 23.0. The molecule has 0 atom stereocenters. The van der Waals surface area contributed by atoms with Gasteiger partial charge >= 0.3 is 0 Å². The molecule has 10 heteroatoms. The lowest BCUT2D eigenvalue weighted by molar-refractivity contribution is 0.102. The van der Waals surface area contributed by atoms with E-state index in [0.717, 1.165) is 36.1 Å². The summed E-state index contributed by atoms with van der Waals surface area (Å²) in [5, 5.41) is 11.3. The average molecular weight is 486 g/mol. The van der Waals surface area contributed by atoms with Gasteiger partial charge in [-0.1, -0.05) is 6.07 Å². The first-order valence-corrected chi connectivity index (χ1v) is 12.7. The maximum Gasteiger partial charge on any atom is 0.258 e. The van der Waals surface area contributed by atoms with Crippen LogP contribution in [-0.4, -0.2) is 27.3 Å². The largest absolute Gasteiger partial charge is 0.497 e. The smallest absolute Gasteiger partial charge is 0.258 e. The van der Waals surface area contributed by atoms with E-state index >= 15 is 0 Å². The van der Waals surface area contributed by atoms with E-state index < -0.39 is 15.9 Å². The molecule has 0 saturated heterocycles. The molecule has 3 aromatic rings. The number of rotatable bonds is 6. The van der Waals surface area contributed by atoms with Gasteiger partial charge in [0.25, 0.3) is 11.8 Å². The molecule has 4 rings (SSSR count). The second kappa shape index (κ2) is 9.34. The highest BCUT2D eigenvalue weighted by molar-refractivity contribution is 7.89. The minimum atomic E-state index is -3.95. The van der Waals surface area contributed by atoms with Crippen molar-refractivity contribution in [2.24, 2.45) is 5.14 Å². The normalized spacial score (nSPS) is 13.2. The van der Waals surface area contributed by atoms with Crippen molar-refractivity contribution in [3.8, 4) is 5.75 Å². The summed E-state index contributed by atoms with van der Waals surface area (Å²) in [6, 6.07) is 12.5. The van der Waals surface area contributed by atoms with Crippen LogP contribution in [0, 0.1) is 0 Å². The highest BCUT2D eigenvalue weighted by atomic mass is 32.2. The van der Waals surface area contributed by atoms with Gasteiger partial charge < -0.3 is 15.4 Å². The molecule has 8 nitrogen and oxygen atoms in total. The molecule has 1 aliphatic carbocycles. The van der Waals surface area contributed by atoms with Gasteiger partial charge in [-0.3, -0.25) is 9.59 Å². The fourth-order valence-electron chi connectivity index (χ4n) is 3.75. The predicted octanol–water partition coefficient (Wildman–Crippen LogP) is 3.79. The summed E-state index contributed by atoms with van der Waals surface area (Å²) in [6.45, 7) is 0. The Morgan fingerprint density at radius 1 is 1.00 bits per heavy atom. The number of hydrogen-bond donors (Lipinski definition) is 3. The van der Waals surface area contributed by atoms with Crippen LogP contribution in [0.3, 0.4) is 0 Å². The number of methoxy groups -OCH3 is 1. The molecule has 1 aliphatic rings. The molecule has 0 spiro atoms. The van der Waals surface area contributed by atoms with Crippen LogP contribution in [0.25, 0.3) is 0 Å². The van der Waals surface area contributed by atoms with Crippen LogP contribution in [0.15, 0.2) is 53.4 Å². The third-order valence-corrected chi connectivity index (χ3v) is 7.52. The van der Waals surface area contributed by atoms with Crippen LogP contribution in [0.1, 0.15) is 44.0 Å². The van der Waals surface area contributed by atoms with Gasteiger partial charge in [0.1, 0.15) is 10.8 Å². The van der Waals surface area contributed by atoms with E-state index in [-0.39, 0.29) is 16.4 Å². The SMILES string of the molecule is COc1ccc(NC(=O)c2c(NC(=O)c3cccc(S(N)(=O)=O)c3)sc3c2CCCC3)cc1. The predicted molar refractivity (Wildman–Crippen MR) is 128 cm³/mol. The van der Waals surface area contributed by atoms with Gasteiger partial charge in [0, 0.05) is 16.1 Å². The van der Waals surface area contributed by atoms with E-state index in [1.54, 1.807) is 31.4 Å². The monoisotopic (exact) mass is 485 g/mol. The number of anilines is 2. The van der Waals surface area contributed by atoms with Gasteiger partial charge in [0.05, 0.1) is 17.6 Å². The maximum absolute atomic E-state index is 13.2. The highest BCUT2D eigenvalue weighted by Crippen LogP contribution is 2.39. The summed E-state index contributed by atoms with van der Waals surface area (Å²) in [6.07, 6.45) is 3.60. The Bertz CT molecular complexity index is 1310. The van der Waals surface area contributed by atoms with Crippen LogP contribution in [0.2, 0.25) is 0 Å². The Hall–Kier alpha value is -3.21. The number of hydrogen-bond acceptors (Lipinski definition) is 6. The van der Waals surface area contributed by atoms with E-state index in [9.17, 15) is 18.0 Å². The number of fused-ring (bicyclic) bond motifs is 1.